The maximum atomic E-state index is 13.2. The molecule has 1 amide bonds. The van der Waals surface area contributed by atoms with Crippen LogP contribution in [0, 0.1) is 10.1 Å². The first kappa shape index (κ1) is 18.8. The van der Waals surface area contributed by atoms with Gasteiger partial charge in [-0.1, -0.05) is 54.1 Å². The molecule has 1 aliphatic heterocycles. The average molecular weight is 406 g/mol. The number of para-hydroxylation sites is 1. The number of nitro benzene ring substituents is 1. The molecule has 0 aromatic heterocycles. The van der Waals surface area contributed by atoms with Crippen molar-refractivity contribution in [3.8, 4) is 0 Å². The predicted molar refractivity (Wildman–Crippen MR) is 111 cm³/mol. The molecule has 144 valence electrons. The van der Waals surface area contributed by atoms with E-state index < -0.39 is 11.0 Å². The van der Waals surface area contributed by atoms with E-state index in [1.165, 1.54) is 11.1 Å². The van der Waals surface area contributed by atoms with E-state index in [-0.39, 0.29) is 11.6 Å². The Morgan fingerprint density at radius 1 is 1.00 bits per heavy atom. The van der Waals surface area contributed by atoms with Gasteiger partial charge in [0.1, 0.15) is 0 Å². The molecule has 0 fully saturated rings. The van der Waals surface area contributed by atoms with Gasteiger partial charge in [0, 0.05) is 23.1 Å². The second-order valence-electron chi connectivity index (χ2n) is 6.61. The molecule has 0 saturated carbocycles. The molecule has 0 spiro atoms. The molecule has 1 heterocycles. The number of nitro groups is 1. The molecule has 0 unspecified atom stereocenters. The number of rotatable bonds is 4. The molecular formula is C22H16ClN3O3. The van der Waals surface area contributed by atoms with Crippen LogP contribution in [-0.2, 0) is 0 Å². The lowest BCUT2D eigenvalue weighted by atomic mass is 9.97. The quantitative estimate of drug-likeness (QED) is 0.440. The van der Waals surface area contributed by atoms with Crippen LogP contribution in [0.2, 0.25) is 5.02 Å². The Labute approximate surface area is 172 Å². The standard InChI is InChI=1S/C22H16ClN3O3/c23-17-12-10-16(11-13-17)22(27)25-21(18-8-4-5-9-20(18)26(28)29)14-19(24-25)15-6-2-1-3-7-15/h1-13,21H,14H2/t21-/m0/s1. The summed E-state index contributed by atoms with van der Waals surface area (Å²) in [5.74, 6) is -0.337. The number of nitrogens with zero attached hydrogens (tertiary/aromatic N) is 3. The topological polar surface area (TPSA) is 75.8 Å². The summed E-state index contributed by atoms with van der Waals surface area (Å²) >= 11 is 5.93. The lowest BCUT2D eigenvalue weighted by molar-refractivity contribution is -0.385. The van der Waals surface area contributed by atoms with Crippen molar-refractivity contribution in [3.63, 3.8) is 0 Å². The van der Waals surface area contributed by atoms with Gasteiger partial charge in [0.05, 0.1) is 22.2 Å². The van der Waals surface area contributed by atoms with Gasteiger partial charge in [-0.15, -0.1) is 0 Å². The van der Waals surface area contributed by atoms with Crippen LogP contribution in [-0.4, -0.2) is 21.6 Å². The zero-order chi connectivity index (χ0) is 20.4. The monoisotopic (exact) mass is 405 g/mol. The molecule has 3 aromatic rings. The first-order chi connectivity index (χ1) is 14.0. The Kier molecular flexibility index (Phi) is 5.10. The predicted octanol–water partition coefficient (Wildman–Crippen LogP) is 5.24. The second-order valence-corrected chi connectivity index (χ2v) is 7.04. The Balaban J connectivity index is 1.78. The largest absolute Gasteiger partial charge is 0.274 e. The number of carbonyl (C=O) groups excluding carboxylic acids is 1. The van der Waals surface area contributed by atoms with E-state index in [0.717, 1.165) is 5.56 Å². The molecule has 0 bridgehead atoms. The van der Waals surface area contributed by atoms with E-state index in [1.54, 1.807) is 42.5 Å². The number of benzene rings is 3. The lowest BCUT2D eigenvalue weighted by Crippen LogP contribution is -2.27. The van der Waals surface area contributed by atoms with Crippen molar-refractivity contribution in [2.24, 2.45) is 5.10 Å². The molecular weight excluding hydrogens is 390 g/mol. The van der Waals surface area contributed by atoms with Crippen molar-refractivity contribution in [2.45, 2.75) is 12.5 Å². The molecule has 1 atom stereocenters. The average Bonchev–Trinajstić information content (AvgIpc) is 3.20. The minimum atomic E-state index is -0.574. The second kappa shape index (κ2) is 7.85. The maximum Gasteiger partial charge on any atom is 0.274 e. The summed E-state index contributed by atoms with van der Waals surface area (Å²) in [5.41, 5.74) is 2.42. The van der Waals surface area contributed by atoms with Gasteiger partial charge in [-0.05, 0) is 35.9 Å². The van der Waals surface area contributed by atoms with Crippen LogP contribution in [0.3, 0.4) is 0 Å². The van der Waals surface area contributed by atoms with Gasteiger partial charge >= 0.3 is 0 Å². The minimum Gasteiger partial charge on any atom is -0.267 e. The number of hydrogen-bond acceptors (Lipinski definition) is 4. The van der Waals surface area contributed by atoms with E-state index in [9.17, 15) is 14.9 Å². The Morgan fingerprint density at radius 2 is 1.66 bits per heavy atom. The van der Waals surface area contributed by atoms with Gasteiger partial charge in [0.2, 0.25) is 0 Å². The first-order valence-electron chi connectivity index (χ1n) is 9.00. The number of amides is 1. The van der Waals surface area contributed by atoms with Crippen molar-refractivity contribution in [2.75, 3.05) is 0 Å². The fourth-order valence-electron chi connectivity index (χ4n) is 3.41. The number of hydrazone groups is 1. The van der Waals surface area contributed by atoms with Crippen LogP contribution in [0.15, 0.2) is 84.0 Å². The van der Waals surface area contributed by atoms with Gasteiger partial charge in [-0.2, -0.15) is 5.10 Å². The highest BCUT2D eigenvalue weighted by atomic mass is 35.5. The molecule has 0 aliphatic carbocycles. The summed E-state index contributed by atoms with van der Waals surface area (Å²) in [6.07, 6.45) is 0.383. The fraction of sp³-hybridized carbons (Fsp3) is 0.0909. The summed E-state index contributed by atoms with van der Waals surface area (Å²) in [6.45, 7) is 0. The Bertz CT molecular complexity index is 1100. The third-order valence-corrected chi connectivity index (χ3v) is 5.06. The number of carbonyl (C=O) groups is 1. The van der Waals surface area contributed by atoms with Gasteiger partial charge in [-0.3, -0.25) is 14.9 Å². The van der Waals surface area contributed by atoms with E-state index >= 15 is 0 Å². The normalized spacial score (nSPS) is 15.8. The van der Waals surface area contributed by atoms with Crippen LogP contribution in [0.1, 0.15) is 33.9 Å². The smallest absolute Gasteiger partial charge is 0.267 e. The minimum absolute atomic E-state index is 0.0316. The van der Waals surface area contributed by atoms with E-state index in [1.807, 2.05) is 30.3 Å². The molecule has 0 radical (unpaired) electrons. The number of hydrogen-bond donors (Lipinski definition) is 0. The highest BCUT2D eigenvalue weighted by Gasteiger charge is 2.37. The molecule has 0 N–H and O–H groups in total. The molecule has 29 heavy (non-hydrogen) atoms. The van der Waals surface area contributed by atoms with Gasteiger partial charge in [0.25, 0.3) is 11.6 Å². The van der Waals surface area contributed by atoms with Crippen molar-refractivity contribution in [3.05, 3.63) is 111 Å². The third-order valence-electron chi connectivity index (χ3n) is 4.81. The fourth-order valence-corrected chi connectivity index (χ4v) is 3.53. The van der Waals surface area contributed by atoms with Crippen LogP contribution >= 0.6 is 11.6 Å². The molecule has 1 aliphatic rings. The third kappa shape index (κ3) is 3.75. The molecule has 3 aromatic carbocycles. The summed E-state index contributed by atoms with van der Waals surface area (Å²) in [5, 5.41) is 18.0. The van der Waals surface area contributed by atoms with E-state index in [4.69, 9.17) is 11.6 Å². The van der Waals surface area contributed by atoms with E-state index in [2.05, 4.69) is 5.10 Å². The van der Waals surface area contributed by atoms with Crippen molar-refractivity contribution in [1.29, 1.82) is 0 Å². The lowest BCUT2D eigenvalue weighted by Gasteiger charge is -2.22. The summed E-state index contributed by atoms with van der Waals surface area (Å²) in [7, 11) is 0. The Hall–Kier alpha value is -3.51. The SMILES string of the molecule is O=C(c1ccc(Cl)cc1)N1N=C(c2ccccc2)C[C@H]1c1ccccc1[N+](=O)[O-]. The molecule has 0 saturated heterocycles. The highest BCUT2D eigenvalue weighted by Crippen LogP contribution is 2.38. The Morgan fingerprint density at radius 3 is 2.34 bits per heavy atom. The van der Waals surface area contributed by atoms with Crippen molar-refractivity contribution < 1.29 is 9.72 Å². The van der Waals surface area contributed by atoms with Gasteiger partial charge < -0.3 is 0 Å². The molecule has 4 rings (SSSR count). The van der Waals surface area contributed by atoms with Gasteiger partial charge in [-0.25, -0.2) is 5.01 Å². The maximum absolute atomic E-state index is 13.2. The zero-order valence-electron chi connectivity index (χ0n) is 15.2. The molecule has 6 nitrogen and oxygen atoms in total. The summed E-state index contributed by atoms with van der Waals surface area (Å²) in [6, 6.07) is 21.9. The van der Waals surface area contributed by atoms with Crippen LogP contribution < -0.4 is 0 Å². The first-order valence-corrected chi connectivity index (χ1v) is 9.38. The van der Waals surface area contributed by atoms with Crippen molar-refractivity contribution in [1.82, 2.24) is 5.01 Å². The van der Waals surface area contributed by atoms with Crippen LogP contribution in [0.5, 0.6) is 0 Å². The summed E-state index contributed by atoms with van der Waals surface area (Å²) in [4.78, 5) is 24.3. The molecule has 7 heteroatoms. The highest BCUT2D eigenvalue weighted by molar-refractivity contribution is 6.30. The van der Waals surface area contributed by atoms with Crippen LogP contribution in [0.4, 0.5) is 5.69 Å². The zero-order valence-corrected chi connectivity index (χ0v) is 16.0. The van der Waals surface area contributed by atoms with Crippen LogP contribution in [0.25, 0.3) is 0 Å². The van der Waals surface area contributed by atoms with E-state index in [0.29, 0.717) is 28.3 Å². The van der Waals surface area contributed by atoms with Gasteiger partial charge in [0.15, 0.2) is 0 Å². The number of halogens is 1. The van der Waals surface area contributed by atoms with Crippen molar-refractivity contribution >= 4 is 28.9 Å². The summed E-state index contributed by atoms with van der Waals surface area (Å²) < 4.78 is 0.